The molecule has 0 aliphatic rings. The third-order valence-electron chi connectivity index (χ3n) is 2.22. The van der Waals surface area contributed by atoms with Gasteiger partial charge in [-0.3, -0.25) is 4.79 Å². The molecule has 0 rings (SSSR count). The van der Waals surface area contributed by atoms with Crippen LogP contribution in [0.5, 0.6) is 0 Å². The molecule has 7 nitrogen and oxygen atoms in total. The number of methoxy groups -OCH3 is 1. The molecule has 1 unspecified atom stereocenters. The van der Waals surface area contributed by atoms with Gasteiger partial charge in [-0.2, -0.15) is 0 Å². The predicted molar refractivity (Wildman–Crippen MR) is 77.6 cm³/mol. The van der Waals surface area contributed by atoms with Crippen LogP contribution in [-0.2, 0) is 19.1 Å². The lowest BCUT2D eigenvalue weighted by Crippen LogP contribution is -2.43. The number of allylic oxidation sites excluding steroid dienone is 1. The van der Waals surface area contributed by atoms with Gasteiger partial charge >= 0.3 is 12.1 Å². The summed E-state index contributed by atoms with van der Waals surface area (Å²) in [5.41, 5.74) is -0.591. The molecule has 2 N–H and O–H groups in total. The van der Waals surface area contributed by atoms with Crippen molar-refractivity contribution in [3.63, 3.8) is 0 Å². The molecule has 0 aliphatic heterocycles. The minimum atomic E-state index is -0.825. The van der Waals surface area contributed by atoms with Gasteiger partial charge in [-0.1, -0.05) is 6.08 Å². The molecule has 0 spiro atoms. The van der Waals surface area contributed by atoms with E-state index in [1.165, 1.54) is 13.2 Å². The maximum absolute atomic E-state index is 11.6. The maximum Gasteiger partial charge on any atom is 0.407 e. The monoisotopic (exact) mass is 300 g/mol. The molecule has 21 heavy (non-hydrogen) atoms. The van der Waals surface area contributed by atoms with Gasteiger partial charge in [0, 0.05) is 6.54 Å². The molecule has 1 atom stereocenters. The van der Waals surface area contributed by atoms with Gasteiger partial charge in [-0.05, 0) is 40.2 Å². The van der Waals surface area contributed by atoms with E-state index >= 15 is 0 Å². The van der Waals surface area contributed by atoms with E-state index in [-0.39, 0.29) is 13.0 Å². The number of amides is 2. The van der Waals surface area contributed by atoms with Crippen molar-refractivity contribution in [1.82, 2.24) is 10.6 Å². The Morgan fingerprint density at radius 3 is 2.33 bits per heavy atom. The zero-order chi connectivity index (χ0) is 16.5. The van der Waals surface area contributed by atoms with E-state index < -0.39 is 29.6 Å². The van der Waals surface area contributed by atoms with Gasteiger partial charge in [0.2, 0.25) is 5.91 Å². The van der Waals surface area contributed by atoms with Crippen LogP contribution >= 0.6 is 0 Å². The Morgan fingerprint density at radius 1 is 1.24 bits per heavy atom. The van der Waals surface area contributed by atoms with Gasteiger partial charge in [-0.15, -0.1) is 0 Å². The number of hydrogen-bond donors (Lipinski definition) is 2. The number of esters is 1. The summed E-state index contributed by atoms with van der Waals surface area (Å²) in [6.07, 6.45) is 2.49. The van der Waals surface area contributed by atoms with E-state index in [1.54, 1.807) is 33.8 Å². The lowest BCUT2D eigenvalue weighted by atomic mass is 10.2. The van der Waals surface area contributed by atoms with Crippen LogP contribution in [0.4, 0.5) is 4.79 Å². The molecule has 0 radical (unpaired) electrons. The van der Waals surface area contributed by atoms with Gasteiger partial charge < -0.3 is 20.1 Å². The largest absolute Gasteiger partial charge is 0.467 e. The standard InChI is InChI=1S/C14H24N2O5/c1-6-7-11(17)16-10(12(18)20-5)8-9-15-13(19)21-14(2,3)4/h6-7,10H,8-9H2,1-5H3,(H,15,19)(H,16,17). The lowest BCUT2D eigenvalue weighted by Gasteiger charge is -2.20. The maximum atomic E-state index is 11.6. The first kappa shape index (κ1) is 18.9. The van der Waals surface area contributed by atoms with E-state index in [4.69, 9.17) is 4.74 Å². The molecule has 0 fully saturated rings. The summed E-state index contributed by atoms with van der Waals surface area (Å²) in [6, 6.07) is -0.825. The summed E-state index contributed by atoms with van der Waals surface area (Å²) >= 11 is 0. The molecule has 0 aliphatic carbocycles. The van der Waals surface area contributed by atoms with E-state index in [2.05, 4.69) is 15.4 Å². The second-order valence-corrected chi connectivity index (χ2v) is 5.30. The number of rotatable bonds is 6. The van der Waals surface area contributed by atoms with Crippen LogP contribution < -0.4 is 10.6 Å². The number of carbonyl (C=O) groups is 3. The molecular formula is C14H24N2O5. The van der Waals surface area contributed by atoms with E-state index in [0.717, 1.165) is 0 Å². The first-order chi connectivity index (χ1) is 9.69. The minimum absolute atomic E-state index is 0.171. The molecule has 2 amide bonds. The molecule has 0 aromatic rings. The number of alkyl carbamates (subject to hydrolysis) is 1. The van der Waals surface area contributed by atoms with Crippen molar-refractivity contribution in [2.45, 2.75) is 45.8 Å². The van der Waals surface area contributed by atoms with Gasteiger partial charge in [0.25, 0.3) is 0 Å². The summed E-state index contributed by atoms with van der Waals surface area (Å²) < 4.78 is 9.67. The average Bonchev–Trinajstić information content (AvgIpc) is 2.34. The highest BCUT2D eigenvalue weighted by Gasteiger charge is 2.21. The Balaban J connectivity index is 4.34. The Bertz CT molecular complexity index is 399. The molecule has 0 heterocycles. The molecule has 0 bridgehead atoms. The Kier molecular flexibility index (Phi) is 8.11. The van der Waals surface area contributed by atoms with Gasteiger partial charge in [0.15, 0.2) is 0 Å². The van der Waals surface area contributed by atoms with Gasteiger partial charge in [-0.25, -0.2) is 9.59 Å². The molecule has 0 aromatic carbocycles. The predicted octanol–water partition coefficient (Wildman–Crippen LogP) is 1.14. The quantitative estimate of drug-likeness (QED) is 0.566. The number of hydrogen-bond acceptors (Lipinski definition) is 5. The van der Waals surface area contributed by atoms with Crippen LogP contribution in [0, 0.1) is 0 Å². The van der Waals surface area contributed by atoms with Crippen molar-refractivity contribution in [3.8, 4) is 0 Å². The average molecular weight is 300 g/mol. The summed E-state index contributed by atoms with van der Waals surface area (Å²) in [7, 11) is 1.23. The molecular weight excluding hydrogens is 276 g/mol. The summed E-state index contributed by atoms with van der Waals surface area (Å²) in [5, 5.41) is 5.01. The molecule has 0 saturated carbocycles. The van der Waals surface area contributed by atoms with Crippen molar-refractivity contribution < 1.29 is 23.9 Å². The van der Waals surface area contributed by atoms with E-state index in [9.17, 15) is 14.4 Å². The Labute approximate surface area is 125 Å². The third-order valence-corrected chi connectivity index (χ3v) is 2.22. The van der Waals surface area contributed by atoms with Crippen molar-refractivity contribution in [1.29, 1.82) is 0 Å². The number of ether oxygens (including phenoxy) is 2. The highest BCUT2D eigenvalue weighted by molar-refractivity contribution is 5.91. The molecule has 7 heteroatoms. The normalized spacial score (nSPS) is 12.6. The molecule has 0 aromatic heterocycles. The second kappa shape index (κ2) is 8.99. The third kappa shape index (κ3) is 9.48. The highest BCUT2D eigenvalue weighted by Crippen LogP contribution is 2.06. The van der Waals surface area contributed by atoms with Gasteiger partial charge in [0.05, 0.1) is 7.11 Å². The molecule has 0 saturated heterocycles. The number of carbonyl (C=O) groups excluding carboxylic acids is 3. The first-order valence-corrected chi connectivity index (χ1v) is 6.67. The topological polar surface area (TPSA) is 93.7 Å². The Morgan fingerprint density at radius 2 is 1.86 bits per heavy atom. The minimum Gasteiger partial charge on any atom is -0.467 e. The van der Waals surface area contributed by atoms with Crippen molar-refractivity contribution >= 4 is 18.0 Å². The lowest BCUT2D eigenvalue weighted by molar-refractivity contribution is -0.144. The van der Waals surface area contributed by atoms with Crippen molar-refractivity contribution in [2.75, 3.05) is 13.7 Å². The number of nitrogens with one attached hydrogen (secondary N) is 2. The van der Waals surface area contributed by atoms with Crippen molar-refractivity contribution in [2.24, 2.45) is 0 Å². The van der Waals surface area contributed by atoms with Crippen LogP contribution in [-0.4, -0.2) is 43.3 Å². The SMILES string of the molecule is CC=CC(=O)NC(CCNC(=O)OC(C)(C)C)C(=O)OC. The zero-order valence-electron chi connectivity index (χ0n) is 13.2. The summed E-state index contributed by atoms with van der Waals surface area (Å²) in [6.45, 7) is 7.12. The van der Waals surface area contributed by atoms with Gasteiger partial charge in [0.1, 0.15) is 11.6 Å². The fraction of sp³-hybridized carbons (Fsp3) is 0.643. The van der Waals surface area contributed by atoms with Crippen LogP contribution in [0.25, 0.3) is 0 Å². The zero-order valence-corrected chi connectivity index (χ0v) is 13.2. The Hall–Kier alpha value is -2.05. The van der Waals surface area contributed by atoms with E-state index in [1.807, 2.05) is 0 Å². The van der Waals surface area contributed by atoms with Crippen LogP contribution in [0.3, 0.4) is 0 Å². The van der Waals surface area contributed by atoms with Crippen LogP contribution in [0.1, 0.15) is 34.1 Å². The summed E-state index contributed by atoms with van der Waals surface area (Å²) in [5.74, 6) is -0.969. The second-order valence-electron chi connectivity index (χ2n) is 5.30. The van der Waals surface area contributed by atoms with Crippen LogP contribution in [0.15, 0.2) is 12.2 Å². The highest BCUT2D eigenvalue weighted by atomic mass is 16.6. The van der Waals surface area contributed by atoms with Crippen molar-refractivity contribution in [3.05, 3.63) is 12.2 Å². The first-order valence-electron chi connectivity index (χ1n) is 6.67. The fourth-order valence-corrected chi connectivity index (χ4v) is 1.40. The fourth-order valence-electron chi connectivity index (χ4n) is 1.40. The van der Waals surface area contributed by atoms with Crippen LogP contribution in [0.2, 0.25) is 0 Å². The molecule has 120 valence electrons. The smallest absolute Gasteiger partial charge is 0.407 e. The summed E-state index contributed by atoms with van der Waals surface area (Å²) in [4.78, 5) is 34.4. The van der Waals surface area contributed by atoms with E-state index in [0.29, 0.717) is 0 Å².